The van der Waals surface area contributed by atoms with Gasteiger partial charge < -0.3 is 5.32 Å². The first-order chi connectivity index (χ1) is 9.36. The van der Waals surface area contributed by atoms with E-state index in [1.54, 1.807) is 30.3 Å². The Labute approximate surface area is 122 Å². The summed E-state index contributed by atoms with van der Waals surface area (Å²) in [5, 5.41) is 3.10. The molecule has 0 saturated heterocycles. The summed E-state index contributed by atoms with van der Waals surface area (Å²) in [5.41, 5.74) is 0.820. The van der Waals surface area contributed by atoms with Gasteiger partial charge in [-0.1, -0.05) is 23.7 Å². The molecule has 2 aromatic carbocycles. The van der Waals surface area contributed by atoms with E-state index in [9.17, 15) is 13.2 Å². The Bertz CT molecular complexity index is 757. The largest absolute Gasteiger partial charge is 0.322 e. The van der Waals surface area contributed by atoms with Crippen molar-refractivity contribution >= 4 is 33.0 Å². The van der Waals surface area contributed by atoms with Crippen LogP contribution in [0.5, 0.6) is 0 Å². The number of benzene rings is 2. The van der Waals surface area contributed by atoms with Crippen LogP contribution in [0.4, 0.5) is 5.69 Å². The van der Waals surface area contributed by atoms with Crippen molar-refractivity contribution in [3.8, 4) is 0 Å². The molecule has 4 nitrogen and oxygen atoms in total. The van der Waals surface area contributed by atoms with Crippen LogP contribution in [0.1, 0.15) is 10.4 Å². The molecule has 104 valence electrons. The zero-order valence-electron chi connectivity index (χ0n) is 10.6. The molecule has 0 aliphatic rings. The number of nitrogens with one attached hydrogen (secondary N) is 1. The summed E-state index contributed by atoms with van der Waals surface area (Å²) in [6.45, 7) is 0. The number of amides is 1. The van der Waals surface area contributed by atoms with Crippen molar-refractivity contribution in [1.29, 1.82) is 0 Å². The Balaban J connectivity index is 2.25. The predicted molar refractivity (Wildman–Crippen MR) is 79.0 cm³/mol. The van der Waals surface area contributed by atoms with Gasteiger partial charge in [-0.2, -0.15) is 0 Å². The van der Waals surface area contributed by atoms with Crippen LogP contribution in [-0.2, 0) is 9.84 Å². The van der Waals surface area contributed by atoms with Crippen LogP contribution in [0.25, 0.3) is 0 Å². The summed E-state index contributed by atoms with van der Waals surface area (Å²) in [6.07, 6.45) is 1.12. The number of halogens is 1. The van der Waals surface area contributed by atoms with E-state index in [2.05, 4.69) is 5.32 Å². The summed E-state index contributed by atoms with van der Waals surface area (Å²) in [5.74, 6) is -0.349. The lowest BCUT2D eigenvalue weighted by Gasteiger charge is -2.07. The van der Waals surface area contributed by atoms with Crippen molar-refractivity contribution in [3.63, 3.8) is 0 Å². The standard InChI is InChI=1S/C14H12ClNO3S/c1-20(18,19)13-7-3-6-12(9-13)16-14(17)10-4-2-5-11(15)8-10/h2-9H,1H3,(H,16,17). The Morgan fingerprint density at radius 1 is 1.10 bits per heavy atom. The van der Waals surface area contributed by atoms with Gasteiger partial charge in [0, 0.05) is 22.5 Å². The molecule has 0 fully saturated rings. The minimum Gasteiger partial charge on any atom is -0.322 e. The molecule has 1 N–H and O–H groups in total. The van der Waals surface area contributed by atoms with Gasteiger partial charge in [-0.3, -0.25) is 4.79 Å². The first kappa shape index (κ1) is 14.6. The highest BCUT2D eigenvalue weighted by atomic mass is 35.5. The average molecular weight is 310 g/mol. The highest BCUT2D eigenvalue weighted by Gasteiger charge is 2.10. The molecule has 0 unspecified atom stereocenters. The van der Waals surface area contributed by atoms with Crippen LogP contribution >= 0.6 is 11.6 Å². The maximum Gasteiger partial charge on any atom is 0.255 e. The maximum atomic E-state index is 12.0. The van der Waals surface area contributed by atoms with Gasteiger partial charge >= 0.3 is 0 Å². The fourth-order valence-electron chi connectivity index (χ4n) is 1.64. The lowest BCUT2D eigenvalue weighted by Crippen LogP contribution is -2.12. The third-order valence-electron chi connectivity index (χ3n) is 2.61. The van der Waals surface area contributed by atoms with Gasteiger partial charge in [-0.15, -0.1) is 0 Å². The second kappa shape index (κ2) is 5.64. The summed E-state index contributed by atoms with van der Waals surface area (Å²) >= 11 is 5.82. The zero-order valence-corrected chi connectivity index (χ0v) is 12.2. The van der Waals surface area contributed by atoms with Gasteiger partial charge in [0.25, 0.3) is 5.91 Å². The van der Waals surface area contributed by atoms with E-state index < -0.39 is 9.84 Å². The van der Waals surface area contributed by atoms with Crippen LogP contribution < -0.4 is 5.32 Å². The molecule has 0 atom stereocenters. The highest BCUT2D eigenvalue weighted by Crippen LogP contribution is 2.17. The second-order valence-electron chi connectivity index (χ2n) is 4.26. The minimum atomic E-state index is -3.30. The fraction of sp³-hybridized carbons (Fsp3) is 0.0714. The number of carbonyl (C=O) groups excluding carboxylic acids is 1. The summed E-state index contributed by atoms with van der Waals surface area (Å²) in [6, 6.07) is 12.6. The van der Waals surface area contributed by atoms with Crippen molar-refractivity contribution in [1.82, 2.24) is 0 Å². The molecule has 0 heterocycles. The van der Waals surface area contributed by atoms with Gasteiger partial charge in [0.15, 0.2) is 9.84 Å². The Morgan fingerprint density at radius 3 is 2.45 bits per heavy atom. The Hall–Kier alpha value is -1.85. The summed E-state index contributed by atoms with van der Waals surface area (Å²) in [7, 11) is -3.30. The second-order valence-corrected chi connectivity index (χ2v) is 6.72. The molecule has 20 heavy (non-hydrogen) atoms. The number of sulfone groups is 1. The molecule has 0 radical (unpaired) electrons. The molecule has 0 aliphatic heterocycles. The van der Waals surface area contributed by atoms with Crippen LogP contribution in [0.2, 0.25) is 5.02 Å². The molecule has 0 aliphatic carbocycles. The molecule has 1 amide bonds. The first-order valence-electron chi connectivity index (χ1n) is 5.73. The molecule has 0 aromatic heterocycles. The van der Waals surface area contributed by atoms with E-state index in [4.69, 9.17) is 11.6 Å². The molecule has 0 saturated carbocycles. The minimum absolute atomic E-state index is 0.154. The van der Waals surface area contributed by atoms with E-state index >= 15 is 0 Å². The summed E-state index contributed by atoms with van der Waals surface area (Å²) < 4.78 is 22.9. The fourth-order valence-corrected chi connectivity index (χ4v) is 2.49. The monoisotopic (exact) mass is 309 g/mol. The maximum absolute atomic E-state index is 12.0. The number of rotatable bonds is 3. The van der Waals surface area contributed by atoms with Gasteiger partial charge in [0.05, 0.1) is 4.90 Å². The average Bonchev–Trinajstić information content (AvgIpc) is 2.38. The summed E-state index contributed by atoms with van der Waals surface area (Å²) in [4.78, 5) is 12.2. The van der Waals surface area contributed by atoms with Crippen LogP contribution in [0.3, 0.4) is 0 Å². The molecule has 2 rings (SSSR count). The third kappa shape index (κ3) is 3.59. The van der Waals surface area contributed by atoms with E-state index in [1.165, 1.54) is 18.2 Å². The smallest absolute Gasteiger partial charge is 0.255 e. The SMILES string of the molecule is CS(=O)(=O)c1cccc(NC(=O)c2cccc(Cl)c2)c1. The van der Waals surface area contributed by atoms with Gasteiger partial charge in [0.1, 0.15) is 0 Å². The van der Waals surface area contributed by atoms with E-state index in [-0.39, 0.29) is 10.8 Å². The van der Waals surface area contributed by atoms with Crippen LogP contribution in [0, 0.1) is 0 Å². The Morgan fingerprint density at radius 2 is 1.80 bits per heavy atom. The van der Waals surface area contributed by atoms with Crippen molar-refractivity contribution in [2.75, 3.05) is 11.6 Å². The number of anilines is 1. The van der Waals surface area contributed by atoms with Crippen LogP contribution in [0.15, 0.2) is 53.4 Å². The Kier molecular flexibility index (Phi) is 4.11. The quantitative estimate of drug-likeness (QED) is 0.948. The lowest BCUT2D eigenvalue weighted by atomic mass is 10.2. The first-order valence-corrected chi connectivity index (χ1v) is 8.00. The van der Waals surface area contributed by atoms with Gasteiger partial charge in [0.2, 0.25) is 0 Å². The lowest BCUT2D eigenvalue weighted by molar-refractivity contribution is 0.102. The molecular formula is C14H12ClNO3S. The van der Waals surface area contributed by atoms with Crippen molar-refractivity contribution < 1.29 is 13.2 Å². The van der Waals surface area contributed by atoms with Crippen molar-refractivity contribution in [3.05, 3.63) is 59.1 Å². The number of hydrogen-bond donors (Lipinski definition) is 1. The number of carbonyl (C=O) groups is 1. The van der Waals surface area contributed by atoms with Gasteiger partial charge in [-0.25, -0.2) is 8.42 Å². The van der Waals surface area contributed by atoms with E-state index in [1.807, 2.05) is 0 Å². The van der Waals surface area contributed by atoms with Crippen molar-refractivity contribution in [2.45, 2.75) is 4.90 Å². The topological polar surface area (TPSA) is 63.2 Å². The predicted octanol–water partition coefficient (Wildman–Crippen LogP) is 3.00. The van der Waals surface area contributed by atoms with E-state index in [0.717, 1.165) is 6.26 Å². The highest BCUT2D eigenvalue weighted by molar-refractivity contribution is 7.90. The molecule has 0 spiro atoms. The molecular weight excluding hydrogens is 298 g/mol. The third-order valence-corrected chi connectivity index (χ3v) is 3.95. The molecule has 0 bridgehead atoms. The van der Waals surface area contributed by atoms with Crippen LogP contribution in [-0.4, -0.2) is 20.6 Å². The van der Waals surface area contributed by atoms with E-state index in [0.29, 0.717) is 16.3 Å². The molecule has 2 aromatic rings. The number of hydrogen-bond acceptors (Lipinski definition) is 3. The zero-order chi connectivity index (χ0) is 14.8. The van der Waals surface area contributed by atoms with Crippen molar-refractivity contribution in [2.24, 2.45) is 0 Å². The molecule has 6 heteroatoms. The van der Waals surface area contributed by atoms with Gasteiger partial charge in [-0.05, 0) is 36.4 Å². The normalized spacial score (nSPS) is 11.1.